The molecule has 0 atom stereocenters. The van der Waals surface area contributed by atoms with Gasteiger partial charge in [-0.1, -0.05) is 24.3 Å². The number of rotatable bonds is 3. The van der Waals surface area contributed by atoms with E-state index in [0.717, 1.165) is 12.8 Å². The minimum Gasteiger partial charge on any atom is -0.389 e. The maximum Gasteiger partial charge on any atom is 0.0771 e. The molecular formula is C15H21NO2. The second-order valence-electron chi connectivity index (χ2n) is 5.90. The molecule has 98 valence electrons. The van der Waals surface area contributed by atoms with Crippen molar-refractivity contribution in [1.82, 2.24) is 0 Å². The van der Waals surface area contributed by atoms with Crippen LogP contribution >= 0.6 is 0 Å². The fourth-order valence-corrected chi connectivity index (χ4v) is 3.65. The van der Waals surface area contributed by atoms with Gasteiger partial charge in [0.25, 0.3) is 0 Å². The van der Waals surface area contributed by atoms with Crippen LogP contribution in [0.2, 0.25) is 0 Å². The molecule has 1 aromatic carbocycles. The van der Waals surface area contributed by atoms with Crippen LogP contribution in [0.5, 0.6) is 0 Å². The van der Waals surface area contributed by atoms with E-state index in [1.165, 1.54) is 11.1 Å². The van der Waals surface area contributed by atoms with E-state index in [0.29, 0.717) is 19.4 Å². The van der Waals surface area contributed by atoms with Crippen molar-refractivity contribution in [3.63, 3.8) is 0 Å². The van der Waals surface area contributed by atoms with Gasteiger partial charge in [-0.25, -0.2) is 0 Å². The molecule has 1 saturated carbocycles. The van der Waals surface area contributed by atoms with Crippen LogP contribution in [-0.4, -0.2) is 30.5 Å². The third kappa shape index (κ3) is 1.54. The van der Waals surface area contributed by atoms with Gasteiger partial charge in [0.05, 0.1) is 11.7 Å². The van der Waals surface area contributed by atoms with Gasteiger partial charge in [0.15, 0.2) is 0 Å². The first-order valence-corrected chi connectivity index (χ1v) is 6.64. The van der Waals surface area contributed by atoms with Crippen molar-refractivity contribution in [2.24, 2.45) is 11.1 Å². The average molecular weight is 247 g/mol. The van der Waals surface area contributed by atoms with Gasteiger partial charge >= 0.3 is 0 Å². The van der Waals surface area contributed by atoms with E-state index in [1.807, 2.05) is 0 Å². The number of benzene rings is 1. The number of hydrogen-bond donors (Lipinski definition) is 2. The Hall–Kier alpha value is -0.900. The Morgan fingerprint density at radius 3 is 2.28 bits per heavy atom. The van der Waals surface area contributed by atoms with E-state index < -0.39 is 5.60 Å². The zero-order valence-corrected chi connectivity index (χ0v) is 10.9. The molecule has 0 aromatic heterocycles. The van der Waals surface area contributed by atoms with Crippen molar-refractivity contribution in [2.45, 2.75) is 37.4 Å². The number of hydrogen-bond acceptors (Lipinski definition) is 3. The van der Waals surface area contributed by atoms with Crippen molar-refractivity contribution in [3.05, 3.63) is 35.4 Å². The number of nitrogens with two attached hydrogens (primary N) is 1. The molecule has 0 heterocycles. The SMILES string of the molecule is COC1CC(O)(C2(CN)Cc3ccccc3C2)C1. The first-order valence-electron chi connectivity index (χ1n) is 6.64. The van der Waals surface area contributed by atoms with Gasteiger partial charge in [-0.05, 0) is 24.0 Å². The molecule has 0 unspecified atom stereocenters. The molecule has 2 aliphatic carbocycles. The molecule has 3 rings (SSSR count). The standard InChI is InChI=1S/C15H21NO2/c1-18-13-8-15(17,9-13)14(10-16)6-11-4-2-3-5-12(11)7-14/h2-5,13,17H,6-10,16H2,1H3. The molecule has 18 heavy (non-hydrogen) atoms. The zero-order chi connectivity index (χ0) is 12.8. The van der Waals surface area contributed by atoms with E-state index in [2.05, 4.69) is 24.3 Å². The molecule has 0 amide bonds. The summed E-state index contributed by atoms with van der Waals surface area (Å²) in [7, 11) is 1.71. The highest BCUT2D eigenvalue weighted by atomic mass is 16.5. The van der Waals surface area contributed by atoms with Crippen LogP contribution in [0.3, 0.4) is 0 Å². The number of methoxy groups -OCH3 is 1. The Balaban J connectivity index is 1.87. The summed E-state index contributed by atoms with van der Waals surface area (Å²) in [5.74, 6) is 0. The summed E-state index contributed by atoms with van der Waals surface area (Å²) in [6.45, 7) is 0.536. The summed E-state index contributed by atoms with van der Waals surface area (Å²) in [5, 5.41) is 10.9. The highest BCUT2D eigenvalue weighted by Gasteiger charge is 2.58. The van der Waals surface area contributed by atoms with E-state index >= 15 is 0 Å². The molecule has 1 aromatic rings. The molecule has 0 aliphatic heterocycles. The van der Waals surface area contributed by atoms with Gasteiger partial charge in [0.2, 0.25) is 0 Å². The Bertz CT molecular complexity index is 427. The smallest absolute Gasteiger partial charge is 0.0771 e. The zero-order valence-electron chi connectivity index (χ0n) is 10.9. The second kappa shape index (κ2) is 4.05. The molecule has 3 heteroatoms. The summed E-state index contributed by atoms with van der Waals surface area (Å²) < 4.78 is 5.31. The molecule has 3 nitrogen and oxygen atoms in total. The van der Waals surface area contributed by atoms with Crippen LogP contribution < -0.4 is 5.73 Å². The largest absolute Gasteiger partial charge is 0.389 e. The highest BCUT2D eigenvalue weighted by Crippen LogP contribution is 2.53. The molecule has 1 fully saturated rings. The van der Waals surface area contributed by atoms with Gasteiger partial charge in [-0.2, -0.15) is 0 Å². The lowest BCUT2D eigenvalue weighted by Gasteiger charge is -2.53. The predicted molar refractivity (Wildman–Crippen MR) is 70.3 cm³/mol. The molecular weight excluding hydrogens is 226 g/mol. The summed E-state index contributed by atoms with van der Waals surface area (Å²) >= 11 is 0. The van der Waals surface area contributed by atoms with Gasteiger partial charge in [0, 0.05) is 31.9 Å². The maximum atomic E-state index is 10.9. The third-order valence-corrected chi connectivity index (χ3v) is 5.02. The minimum absolute atomic E-state index is 0.189. The molecule has 0 bridgehead atoms. The van der Waals surface area contributed by atoms with E-state index in [9.17, 15) is 5.11 Å². The number of ether oxygens (including phenoxy) is 1. The van der Waals surface area contributed by atoms with Crippen molar-refractivity contribution in [1.29, 1.82) is 0 Å². The lowest BCUT2D eigenvalue weighted by molar-refractivity contribution is -0.192. The van der Waals surface area contributed by atoms with Crippen LogP contribution in [0, 0.1) is 5.41 Å². The topological polar surface area (TPSA) is 55.5 Å². The van der Waals surface area contributed by atoms with E-state index in [-0.39, 0.29) is 11.5 Å². The molecule has 0 saturated heterocycles. The van der Waals surface area contributed by atoms with Crippen LogP contribution in [0.4, 0.5) is 0 Å². The molecule has 2 aliphatic rings. The van der Waals surface area contributed by atoms with Crippen LogP contribution in [0.25, 0.3) is 0 Å². The first-order chi connectivity index (χ1) is 8.62. The second-order valence-corrected chi connectivity index (χ2v) is 5.90. The molecule has 3 N–H and O–H groups in total. The normalized spacial score (nSPS) is 32.9. The van der Waals surface area contributed by atoms with E-state index in [4.69, 9.17) is 10.5 Å². The van der Waals surface area contributed by atoms with Gasteiger partial charge in [-0.15, -0.1) is 0 Å². The van der Waals surface area contributed by atoms with Crippen LogP contribution in [0.15, 0.2) is 24.3 Å². The Morgan fingerprint density at radius 2 is 1.83 bits per heavy atom. The third-order valence-electron chi connectivity index (χ3n) is 5.02. The van der Waals surface area contributed by atoms with Crippen molar-refractivity contribution < 1.29 is 9.84 Å². The van der Waals surface area contributed by atoms with Gasteiger partial charge < -0.3 is 15.6 Å². The average Bonchev–Trinajstić information content (AvgIpc) is 2.74. The van der Waals surface area contributed by atoms with Crippen molar-refractivity contribution >= 4 is 0 Å². The van der Waals surface area contributed by atoms with Gasteiger partial charge in [-0.3, -0.25) is 0 Å². The lowest BCUT2D eigenvalue weighted by Crippen LogP contribution is -2.62. The first kappa shape index (κ1) is 12.2. The van der Waals surface area contributed by atoms with E-state index in [1.54, 1.807) is 7.11 Å². The van der Waals surface area contributed by atoms with Crippen LogP contribution in [0.1, 0.15) is 24.0 Å². The monoisotopic (exact) mass is 247 g/mol. The Labute approximate surface area is 108 Å². The summed E-state index contributed by atoms with van der Waals surface area (Å²) in [6.07, 6.45) is 3.42. The van der Waals surface area contributed by atoms with Crippen molar-refractivity contribution in [3.8, 4) is 0 Å². The minimum atomic E-state index is -0.651. The number of aliphatic hydroxyl groups is 1. The summed E-state index contributed by atoms with van der Waals surface area (Å²) in [5.41, 5.74) is 7.88. The summed E-state index contributed by atoms with van der Waals surface area (Å²) in [4.78, 5) is 0. The molecule has 0 radical (unpaired) electrons. The highest BCUT2D eigenvalue weighted by molar-refractivity contribution is 5.37. The number of fused-ring (bicyclic) bond motifs is 1. The predicted octanol–water partition coefficient (Wildman–Crippen LogP) is 1.27. The molecule has 0 spiro atoms. The van der Waals surface area contributed by atoms with Crippen LogP contribution in [-0.2, 0) is 17.6 Å². The quantitative estimate of drug-likeness (QED) is 0.845. The Morgan fingerprint density at radius 1 is 1.28 bits per heavy atom. The lowest BCUT2D eigenvalue weighted by atomic mass is 9.58. The Kier molecular flexibility index (Phi) is 2.73. The summed E-state index contributed by atoms with van der Waals surface area (Å²) in [6, 6.07) is 8.44. The van der Waals surface area contributed by atoms with Crippen molar-refractivity contribution in [2.75, 3.05) is 13.7 Å². The maximum absolute atomic E-state index is 10.9. The fraction of sp³-hybridized carbons (Fsp3) is 0.600. The van der Waals surface area contributed by atoms with Gasteiger partial charge in [0.1, 0.15) is 0 Å². The fourth-order valence-electron chi connectivity index (χ4n) is 3.65.